The Morgan fingerprint density at radius 1 is 1.34 bits per heavy atom. The van der Waals surface area contributed by atoms with Crippen LogP contribution in [0.5, 0.6) is 0 Å². The molecule has 5 rings (SSSR count). The van der Waals surface area contributed by atoms with Gasteiger partial charge in [-0.05, 0) is 44.7 Å². The van der Waals surface area contributed by atoms with Gasteiger partial charge in [0.05, 0.1) is 23.6 Å². The van der Waals surface area contributed by atoms with E-state index in [0.29, 0.717) is 34.5 Å². The smallest absolute Gasteiger partial charge is 0.264 e. The molecule has 1 amide bonds. The van der Waals surface area contributed by atoms with Gasteiger partial charge in [0.2, 0.25) is 5.91 Å². The minimum atomic E-state index is -0.117. The molecule has 2 atom stereocenters. The number of pyridine rings is 1. The van der Waals surface area contributed by atoms with Crippen LogP contribution < -0.4 is 16.2 Å². The van der Waals surface area contributed by atoms with E-state index in [9.17, 15) is 9.59 Å². The Morgan fingerprint density at radius 2 is 2.19 bits per heavy atom. The van der Waals surface area contributed by atoms with Crippen molar-refractivity contribution in [1.29, 1.82) is 0 Å². The SMILES string of the molecule is Cc1onc2c1c(=O)n(C1CCCC(NC(=O)CC3=CN(C)CN3)C1)c1cccc(Cl)c21. The maximum absolute atomic E-state index is 13.5. The topological polar surface area (TPSA) is 92.4 Å². The number of benzene rings is 1. The Labute approximate surface area is 190 Å². The molecule has 1 aromatic carbocycles. The van der Waals surface area contributed by atoms with E-state index in [-0.39, 0.29) is 23.6 Å². The number of rotatable bonds is 4. The number of fused-ring (bicyclic) bond motifs is 3. The summed E-state index contributed by atoms with van der Waals surface area (Å²) in [7, 11) is 1.96. The fourth-order valence-electron chi connectivity index (χ4n) is 5.01. The number of hydrogen-bond donors (Lipinski definition) is 2. The zero-order chi connectivity index (χ0) is 22.4. The van der Waals surface area contributed by atoms with Gasteiger partial charge >= 0.3 is 0 Å². The van der Waals surface area contributed by atoms with Crippen LogP contribution in [0.3, 0.4) is 0 Å². The summed E-state index contributed by atoms with van der Waals surface area (Å²) in [5.74, 6) is 0.485. The van der Waals surface area contributed by atoms with Crippen molar-refractivity contribution in [3.8, 4) is 0 Å². The molecule has 0 spiro atoms. The number of carbonyl (C=O) groups is 1. The molecule has 32 heavy (non-hydrogen) atoms. The molecule has 8 nitrogen and oxygen atoms in total. The van der Waals surface area contributed by atoms with Crippen LogP contribution in [-0.2, 0) is 4.79 Å². The van der Waals surface area contributed by atoms with Crippen molar-refractivity contribution in [2.45, 2.75) is 51.1 Å². The number of hydrogen-bond acceptors (Lipinski definition) is 6. The molecule has 2 aromatic heterocycles. The van der Waals surface area contributed by atoms with Crippen LogP contribution in [0.2, 0.25) is 5.02 Å². The van der Waals surface area contributed by atoms with E-state index in [0.717, 1.165) is 42.5 Å². The molecule has 2 aliphatic rings. The number of carbonyl (C=O) groups excluding carboxylic acids is 1. The summed E-state index contributed by atoms with van der Waals surface area (Å²) >= 11 is 6.53. The van der Waals surface area contributed by atoms with Gasteiger partial charge in [0.1, 0.15) is 16.7 Å². The van der Waals surface area contributed by atoms with Gasteiger partial charge in [-0.3, -0.25) is 9.59 Å². The molecule has 168 valence electrons. The molecular weight excluding hydrogens is 430 g/mol. The highest BCUT2D eigenvalue weighted by atomic mass is 35.5. The standard InChI is InChI=1S/C23H26ClN5O3/c1-13-20-22(27-32-13)21-17(24)7-4-8-18(21)29(23(20)31)16-6-3-5-14(9-16)26-19(30)10-15-11-28(2)12-25-15/h4,7-8,11,14,16,25H,3,5-6,9-10,12H2,1-2H3,(H,26,30). The van der Waals surface area contributed by atoms with Crippen molar-refractivity contribution in [2.75, 3.05) is 13.7 Å². The van der Waals surface area contributed by atoms with Crippen LogP contribution in [0.25, 0.3) is 21.8 Å². The Morgan fingerprint density at radius 3 is 2.97 bits per heavy atom. The van der Waals surface area contributed by atoms with Gasteiger partial charge in [-0.1, -0.05) is 22.8 Å². The van der Waals surface area contributed by atoms with E-state index >= 15 is 0 Å². The zero-order valence-electron chi connectivity index (χ0n) is 18.2. The van der Waals surface area contributed by atoms with Crippen molar-refractivity contribution in [3.05, 3.63) is 51.2 Å². The zero-order valence-corrected chi connectivity index (χ0v) is 18.9. The quantitative estimate of drug-likeness (QED) is 0.626. The van der Waals surface area contributed by atoms with Crippen LogP contribution in [0.15, 0.2) is 39.4 Å². The summed E-state index contributed by atoms with van der Waals surface area (Å²) in [5, 5.41) is 12.2. The largest absolute Gasteiger partial charge is 0.370 e. The number of nitrogens with one attached hydrogen (secondary N) is 2. The lowest BCUT2D eigenvalue weighted by atomic mass is 9.90. The summed E-state index contributed by atoms with van der Waals surface area (Å²) in [5.41, 5.74) is 2.06. The van der Waals surface area contributed by atoms with Crippen molar-refractivity contribution < 1.29 is 9.32 Å². The van der Waals surface area contributed by atoms with Crippen molar-refractivity contribution in [3.63, 3.8) is 0 Å². The van der Waals surface area contributed by atoms with Crippen molar-refractivity contribution in [2.24, 2.45) is 0 Å². The summed E-state index contributed by atoms with van der Waals surface area (Å²) in [4.78, 5) is 28.2. The first-order chi connectivity index (χ1) is 15.4. The van der Waals surface area contributed by atoms with E-state index in [4.69, 9.17) is 16.1 Å². The molecule has 1 aliphatic heterocycles. The normalized spacial score (nSPS) is 21.1. The summed E-state index contributed by atoms with van der Waals surface area (Å²) < 4.78 is 7.19. The third-order valence-electron chi connectivity index (χ3n) is 6.44. The van der Waals surface area contributed by atoms with E-state index < -0.39 is 0 Å². The van der Waals surface area contributed by atoms with E-state index in [1.54, 1.807) is 13.0 Å². The van der Waals surface area contributed by atoms with Crippen LogP contribution in [-0.4, -0.2) is 40.3 Å². The third kappa shape index (κ3) is 3.62. The predicted octanol–water partition coefficient (Wildman–Crippen LogP) is 3.43. The lowest BCUT2D eigenvalue weighted by Gasteiger charge is -2.32. The monoisotopic (exact) mass is 455 g/mol. The number of aromatic nitrogens is 2. The minimum Gasteiger partial charge on any atom is -0.370 e. The van der Waals surface area contributed by atoms with E-state index in [2.05, 4.69) is 15.8 Å². The molecule has 9 heteroatoms. The highest BCUT2D eigenvalue weighted by Crippen LogP contribution is 2.35. The Kier molecular flexibility index (Phi) is 5.33. The van der Waals surface area contributed by atoms with E-state index in [1.165, 1.54) is 0 Å². The van der Waals surface area contributed by atoms with E-state index in [1.807, 2.05) is 34.8 Å². The fraction of sp³-hybridized carbons (Fsp3) is 0.435. The lowest BCUT2D eigenvalue weighted by Crippen LogP contribution is -2.41. The van der Waals surface area contributed by atoms with Gasteiger partial charge < -0.3 is 24.6 Å². The average Bonchev–Trinajstić information content (AvgIpc) is 3.34. The highest BCUT2D eigenvalue weighted by molar-refractivity contribution is 6.37. The molecule has 1 saturated carbocycles. The van der Waals surface area contributed by atoms with Crippen LogP contribution in [0.1, 0.15) is 43.9 Å². The molecular formula is C23H26ClN5O3. The second-order valence-corrected chi connectivity index (χ2v) is 9.19. The Bertz CT molecular complexity index is 1290. The number of halogens is 1. The number of amides is 1. The minimum absolute atomic E-state index is 0.00437. The maximum Gasteiger partial charge on any atom is 0.264 e. The second-order valence-electron chi connectivity index (χ2n) is 8.78. The molecule has 1 aliphatic carbocycles. The first-order valence-electron chi connectivity index (χ1n) is 10.9. The maximum atomic E-state index is 13.5. The van der Waals surface area contributed by atoms with Gasteiger partial charge in [0.15, 0.2) is 0 Å². The second kappa shape index (κ2) is 8.16. The van der Waals surface area contributed by atoms with Crippen LogP contribution >= 0.6 is 11.6 Å². The third-order valence-corrected chi connectivity index (χ3v) is 6.76. The Balaban J connectivity index is 1.46. The molecule has 0 bridgehead atoms. The summed E-state index contributed by atoms with van der Waals surface area (Å²) in [6.45, 7) is 2.47. The van der Waals surface area contributed by atoms with Gasteiger partial charge in [-0.15, -0.1) is 0 Å². The predicted molar refractivity (Wildman–Crippen MR) is 123 cm³/mol. The lowest BCUT2D eigenvalue weighted by molar-refractivity contribution is -0.121. The summed E-state index contributed by atoms with van der Waals surface area (Å²) in [6, 6.07) is 5.52. The number of nitrogens with zero attached hydrogens (tertiary/aromatic N) is 3. The first kappa shape index (κ1) is 20.9. The van der Waals surface area contributed by atoms with Crippen molar-refractivity contribution >= 4 is 39.3 Å². The molecule has 3 heterocycles. The molecule has 2 unspecified atom stereocenters. The molecule has 2 N–H and O–H groups in total. The highest BCUT2D eigenvalue weighted by Gasteiger charge is 2.29. The molecule has 0 saturated heterocycles. The van der Waals surface area contributed by atoms with Gasteiger partial charge in [0.25, 0.3) is 5.56 Å². The van der Waals surface area contributed by atoms with Gasteiger partial charge in [-0.25, -0.2) is 0 Å². The van der Waals surface area contributed by atoms with Crippen LogP contribution in [0.4, 0.5) is 0 Å². The molecule has 1 fully saturated rings. The van der Waals surface area contributed by atoms with Gasteiger partial charge in [0, 0.05) is 36.4 Å². The molecule has 0 radical (unpaired) electrons. The average molecular weight is 456 g/mol. The Hall–Kier alpha value is -3.00. The van der Waals surface area contributed by atoms with Gasteiger partial charge in [-0.2, -0.15) is 0 Å². The van der Waals surface area contributed by atoms with Crippen LogP contribution in [0, 0.1) is 6.92 Å². The first-order valence-corrected chi connectivity index (χ1v) is 11.3. The number of aryl methyl sites for hydroxylation is 1. The summed E-state index contributed by atoms with van der Waals surface area (Å²) in [6.07, 6.45) is 5.66. The molecule has 3 aromatic rings. The fourth-order valence-corrected chi connectivity index (χ4v) is 5.27. The van der Waals surface area contributed by atoms with Crippen molar-refractivity contribution in [1.82, 2.24) is 25.3 Å².